The van der Waals surface area contributed by atoms with Crippen LogP contribution in [0, 0.1) is 5.92 Å². The van der Waals surface area contributed by atoms with Gasteiger partial charge in [-0.3, -0.25) is 0 Å². The van der Waals surface area contributed by atoms with E-state index < -0.39 is 0 Å². The molecule has 1 saturated carbocycles. The molecule has 2 rings (SSSR count). The lowest BCUT2D eigenvalue weighted by Crippen LogP contribution is -2.21. The number of likely N-dealkylation sites (N-methyl/N-ethyl adjacent to an activating group) is 1. The van der Waals surface area contributed by atoms with Crippen LogP contribution in [-0.2, 0) is 0 Å². The maximum atomic E-state index is 5.69. The first kappa shape index (κ1) is 14.2. The van der Waals surface area contributed by atoms with Crippen molar-refractivity contribution in [3.8, 4) is 5.75 Å². The fraction of sp³-hybridized carbons (Fsp3) is 0.625. The molecule has 0 spiro atoms. The maximum Gasteiger partial charge on any atom is 0.119 e. The number of anilines is 1. The zero-order valence-electron chi connectivity index (χ0n) is 12.4. The Morgan fingerprint density at radius 2 is 1.95 bits per heavy atom. The van der Waals surface area contributed by atoms with E-state index in [1.54, 1.807) is 0 Å². The van der Waals surface area contributed by atoms with Crippen LogP contribution in [0.1, 0.15) is 26.2 Å². The average Bonchev–Trinajstić information content (AvgIpc) is 2.77. The van der Waals surface area contributed by atoms with Crippen LogP contribution < -0.4 is 10.1 Å². The molecule has 0 bridgehead atoms. The van der Waals surface area contributed by atoms with E-state index in [9.17, 15) is 0 Å². The van der Waals surface area contributed by atoms with E-state index >= 15 is 0 Å². The van der Waals surface area contributed by atoms with Crippen LogP contribution in [0.4, 0.5) is 5.69 Å². The van der Waals surface area contributed by atoms with Crippen LogP contribution in [0.2, 0.25) is 0 Å². The van der Waals surface area contributed by atoms with Crippen molar-refractivity contribution in [1.82, 2.24) is 4.90 Å². The van der Waals surface area contributed by atoms with Crippen molar-refractivity contribution < 1.29 is 4.74 Å². The molecule has 1 aliphatic carbocycles. The Morgan fingerprint density at radius 1 is 1.21 bits per heavy atom. The predicted octanol–water partition coefficient (Wildman–Crippen LogP) is 3.23. The summed E-state index contributed by atoms with van der Waals surface area (Å²) in [6.45, 7) is 4.02. The quantitative estimate of drug-likeness (QED) is 0.852. The maximum absolute atomic E-state index is 5.69. The van der Waals surface area contributed by atoms with Crippen molar-refractivity contribution in [2.45, 2.75) is 32.2 Å². The van der Waals surface area contributed by atoms with Crippen molar-refractivity contribution >= 4 is 5.69 Å². The second kappa shape index (κ2) is 6.80. The minimum Gasteiger partial charge on any atom is -0.492 e. The molecule has 2 atom stereocenters. The summed E-state index contributed by atoms with van der Waals surface area (Å²) in [5, 5.41) is 3.63. The van der Waals surface area contributed by atoms with E-state index in [1.807, 2.05) is 0 Å². The summed E-state index contributed by atoms with van der Waals surface area (Å²) >= 11 is 0. The SMILES string of the molecule is CC1CCCC1Nc1ccc(OCCN(C)C)cc1. The minimum atomic E-state index is 0.639. The Hall–Kier alpha value is -1.22. The number of nitrogens with one attached hydrogen (secondary N) is 1. The van der Waals surface area contributed by atoms with Crippen molar-refractivity contribution in [3.63, 3.8) is 0 Å². The summed E-state index contributed by atoms with van der Waals surface area (Å²) < 4.78 is 5.69. The minimum absolute atomic E-state index is 0.639. The molecule has 1 aromatic carbocycles. The largest absolute Gasteiger partial charge is 0.492 e. The first-order chi connectivity index (χ1) is 9.15. The van der Waals surface area contributed by atoms with Gasteiger partial charge in [0, 0.05) is 18.3 Å². The van der Waals surface area contributed by atoms with E-state index in [2.05, 4.69) is 55.5 Å². The van der Waals surface area contributed by atoms with Gasteiger partial charge in [-0.1, -0.05) is 13.3 Å². The summed E-state index contributed by atoms with van der Waals surface area (Å²) in [6, 6.07) is 8.99. The van der Waals surface area contributed by atoms with Gasteiger partial charge in [0.05, 0.1) is 0 Å². The number of hydrogen-bond donors (Lipinski definition) is 1. The average molecular weight is 262 g/mol. The number of rotatable bonds is 6. The fourth-order valence-corrected chi connectivity index (χ4v) is 2.57. The Balaban J connectivity index is 1.81. The molecule has 0 amide bonds. The van der Waals surface area contributed by atoms with Gasteiger partial charge in [0.25, 0.3) is 0 Å². The molecule has 0 heterocycles. The van der Waals surface area contributed by atoms with Gasteiger partial charge in [-0.15, -0.1) is 0 Å². The summed E-state index contributed by atoms with van der Waals surface area (Å²) in [5.74, 6) is 1.74. The van der Waals surface area contributed by atoms with Gasteiger partial charge in [0.1, 0.15) is 12.4 Å². The van der Waals surface area contributed by atoms with E-state index in [1.165, 1.54) is 24.9 Å². The second-order valence-corrected chi connectivity index (χ2v) is 5.84. The molecule has 106 valence electrons. The van der Waals surface area contributed by atoms with Gasteiger partial charge in [0.15, 0.2) is 0 Å². The molecule has 0 aromatic heterocycles. The molecule has 1 aromatic rings. The summed E-state index contributed by atoms with van der Waals surface area (Å²) in [6.07, 6.45) is 4.00. The zero-order valence-corrected chi connectivity index (χ0v) is 12.4. The molecule has 0 radical (unpaired) electrons. The van der Waals surface area contributed by atoms with Gasteiger partial charge in [-0.25, -0.2) is 0 Å². The van der Waals surface area contributed by atoms with Crippen LogP contribution in [0.3, 0.4) is 0 Å². The highest BCUT2D eigenvalue weighted by Crippen LogP contribution is 2.28. The van der Waals surface area contributed by atoms with Crippen molar-refractivity contribution in [1.29, 1.82) is 0 Å². The third-order valence-electron chi connectivity index (χ3n) is 3.88. The lowest BCUT2D eigenvalue weighted by molar-refractivity contribution is 0.261. The van der Waals surface area contributed by atoms with E-state index in [0.29, 0.717) is 6.04 Å². The van der Waals surface area contributed by atoms with Crippen molar-refractivity contribution in [3.05, 3.63) is 24.3 Å². The highest BCUT2D eigenvalue weighted by molar-refractivity contribution is 5.47. The first-order valence-corrected chi connectivity index (χ1v) is 7.29. The summed E-state index contributed by atoms with van der Waals surface area (Å²) in [5.41, 5.74) is 1.21. The number of benzene rings is 1. The predicted molar refractivity (Wildman–Crippen MR) is 80.9 cm³/mol. The van der Waals surface area contributed by atoms with Crippen LogP contribution in [0.25, 0.3) is 0 Å². The zero-order chi connectivity index (χ0) is 13.7. The highest BCUT2D eigenvalue weighted by Gasteiger charge is 2.22. The second-order valence-electron chi connectivity index (χ2n) is 5.84. The molecule has 1 aliphatic rings. The van der Waals surface area contributed by atoms with Crippen LogP contribution >= 0.6 is 0 Å². The Bertz CT molecular complexity index is 375. The molecule has 3 nitrogen and oxygen atoms in total. The molecule has 0 saturated heterocycles. The molecular formula is C16H26N2O. The number of nitrogens with zero attached hydrogens (tertiary/aromatic N) is 1. The van der Waals surface area contributed by atoms with E-state index in [-0.39, 0.29) is 0 Å². The normalized spacial score (nSPS) is 22.7. The fourth-order valence-electron chi connectivity index (χ4n) is 2.57. The lowest BCUT2D eigenvalue weighted by atomic mass is 10.1. The van der Waals surface area contributed by atoms with Crippen LogP contribution in [-0.4, -0.2) is 38.2 Å². The summed E-state index contributed by atoms with van der Waals surface area (Å²) in [7, 11) is 4.11. The molecule has 2 unspecified atom stereocenters. The van der Waals surface area contributed by atoms with Crippen LogP contribution in [0.15, 0.2) is 24.3 Å². The lowest BCUT2D eigenvalue weighted by Gasteiger charge is -2.19. The van der Waals surface area contributed by atoms with Crippen molar-refractivity contribution in [2.24, 2.45) is 5.92 Å². The third kappa shape index (κ3) is 4.43. The number of ether oxygens (including phenoxy) is 1. The third-order valence-corrected chi connectivity index (χ3v) is 3.88. The van der Waals surface area contributed by atoms with Gasteiger partial charge >= 0.3 is 0 Å². The van der Waals surface area contributed by atoms with Crippen LogP contribution in [0.5, 0.6) is 5.75 Å². The van der Waals surface area contributed by atoms with Crippen molar-refractivity contribution in [2.75, 3.05) is 32.6 Å². The van der Waals surface area contributed by atoms with Gasteiger partial charge in [-0.05, 0) is 57.1 Å². The molecule has 19 heavy (non-hydrogen) atoms. The van der Waals surface area contributed by atoms with Gasteiger partial charge in [0.2, 0.25) is 0 Å². The van der Waals surface area contributed by atoms with E-state index in [0.717, 1.165) is 24.8 Å². The molecule has 3 heteroatoms. The molecule has 0 aliphatic heterocycles. The van der Waals surface area contributed by atoms with Gasteiger partial charge in [-0.2, -0.15) is 0 Å². The summed E-state index contributed by atoms with van der Waals surface area (Å²) in [4.78, 5) is 2.12. The first-order valence-electron chi connectivity index (χ1n) is 7.29. The van der Waals surface area contributed by atoms with Gasteiger partial charge < -0.3 is 15.0 Å². The molecular weight excluding hydrogens is 236 g/mol. The van der Waals surface area contributed by atoms with E-state index in [4.69, 9.17) is 4.74 Å². The standard InChI is InChI=1S/C16H26N2O/c1-13-5-4-6-16(13)17-14-7-9-15(10-8-14)19-12-11-18(2)3/h7-10,13,16-17H,4-6,11-12H2,1-3H3. The Kier molecular flexibility index (Phi) is 5.08. The smallest absolute Gasteiger partial charge is 0.119 e. The monoisotopic (exact) mass is 262 g/mol. The highest BCUT2D eigenvalue weighted by atomic mass is 16.5. The topological polar surface area (TPSA) is 24.5 Å². The Morgan fingerprint density at radius 3 is 2.53 bits per heavy atom. The number of hydrogen-bond acceptors (Lipinski definition) is 3. The molecule has 1 N–H and O–H groups in total. The Labute approximate surface area is 116 Å². The molecule has 1 fully saturated rings.